The van der Waals surface area contributed by atoms with E-state index in [2.05, 4.69) is 14.9 Å². The topological polar surface area (TPSA) is 69.3 Å². The molecule has 4 rings (SSSR count). The van der Waals surface area contributed by atoms with Crippen molar-refractivity contribution < 1.29 is 21.6 Å². The number of hydrogen-bond acceptors (Lipinski definition) is 4. The molecule has 0 radical (unpaired) electrons. The predicted octanol–water partition coefficient (Wildman–Crippen LogP) is 4.13. The number of sulfonamides is 1. The summed E-state index contributed by atoms with van der Waals surface area (Å²) in [5.41, 5.74) is 3.40. The molecule has 0 spiro atoms. The molecule has 10 heteroatoms. The summed E-state index contributed by atoms with van der Waals surface area (Å²) in [6, 6.07) is 16.7. The Balaban J connectivity index is 1.70. The smallest absolute Gasteiger partial charge is 0.361 e. The minimum absolute atomic E-state index is 0.0337. The fourth-order valence-corrected chi connectivity index (χ4v) is 5.54. The summed E-state index contributed by atoms with van der Waals surface area (Å²) in [4.78, 5) is 9.21. The average Bonchev–Trinajstić information content (AvgIpc) is 3.21. The fourth-order valence-electron chi connectivity index (χ4n) is 4.21. The Hall–Kier alpha value is -2.85. The highest BCUT2D eigenvalue weighted by Crippen LogP contribution is 2.33. The largest absolute Gasteiger partial charge is 0.404 e. The summed E-state index contributed by atoms with van der Waals surface area (Å²) >= 11 is 0. The molecule has 0 amide bonds. The van der Waals surface area contributed by atoms with Gasteiger partial charge in [0.25, 0.3) is 0 Å². The van der Waals surface area contributed by atoms with E-state index < -0.39 is 22.0 Å². The van der Waals surface area contributed by atoms with Crippen molar-refractivity contribution in [2.24, 2.45) is 0 Å². The minimum Gasteiger partial charge on any atom is -0.361 e. The molecular formula is C23H25F3N4O2S. The fraction of sp³-hybridized carbons (Fsp3) is 0.348. The molecule has 0 saturated carbocycles. The maximum absolute atomic E-state index is 13.1. The molecule has 33 heavy (non-hydrogen) atoms. The zero-order valence-electron chi connectivity index (χ0n) is 17.9. The molecule has 2 aromatic carbocycles. The number of H-pyrrole nitrogens is 1. The third kappa shape index (κ3) is 5.94. The number of rotatable bonds is 7. The van der Waals surface area contributed by atoms with Crippen LogP contribution in [0.3, 0.4) is 0 Å². The van der Waals surface area contributed by atoms with Gasteiger partial charge in [-0.2, -0.15) is 17.5 Å². The lowest BCUT2D eigenvalue weighted by Crippen LogP contribution is -2.45. The van der Waals surface area contributed by atoms with E-state index in [1.807, 2.05) is 42.5 Å². The SMILES string of the molecule is O=S(=O)(CC(F)(F)F)N1Cc2ccccc2N(Cc2cnc[nH]2)[C@@H](CCc2ccccc2)C1. The van der Waals surface area contributed by atoms with E-state index in [-0.39, 0.29) is 19.1 Å². The van der Waals surface area contributed by atoms with E-state index in [0.29, 0.717) is 24.9 Å². The summed E-state index contributed by atoms with van der Waals surface area (Å²) in [6.07, 6.45) is -0.303. The number of nitrogens with zero attached hydrogens (tertiary/aromatic N) is 3. The Kier molecular flexibility index (Phi) is 6.76. The van der Waals surface area contributed by atoms with Crippen LogP contribution in [-0.2, 0) is 29.5 Å². The van der Waals surface area contributed by atoms with Crippen LogP contribution in [0.5, 0.6) is 0 Å². The average molecular weight is 479 g/mol. The van der Waals surface area contributed by atoms with Crippen LogP contribution in [0.1, 0.15) is 23.2 Å². The number of aromatic nitrogens is 2. The van der Waals surface area contributed by atoms with Gasteiger partial charge in [-0.3, -0.25) is 0 Å². The Bertz CT molecular complexity index is 1150. The highest BCUT2D eigenvalue weighted by atomic mass is 32.2. The van der Waals surface area contributed by atoms with Gasteiger partial charge in [-0.05, 0) is 30.0 Å². The molecule has 0 fully saturated rings. The maximum Gasteiger partial charge on any atom is 0.404 e. The van der Waals surface area contributed by atoms with Crippen LogP contribution >= 0.6 is 0 Å². The first kappa shape index (κ1) is 23.3. The van der Waals surface area contributed by atoms with Crippen LogP contribution in [0.4, 0.5) is 18.9 Å². The summed E-state index contributed by atoms with van der Waals surface area (Å²) in [7, 11) is -4.55. The Morgan fingerprint density at radius 2 is 1.79 bits per heavy atom. The zero-order valence-corrected chi connectivity index (χ0v) is 18.7. The lowest BCUT2D eigenvalue weighted by atomic mass is 10.0. The van der Waals surface area contributed by atoms with E-state index in [9.17, 15) is 21.6 Å². The van der Waals surface area contributed by atoms with Crippen LogP contribution in [0.25, 0.3) is 0 Å². The van der Waals surface area contributed by atoms with E-state index in [1.165, 1.54) is 0 Å². The molecule has 2 heterocycles. The summed E-state index contributed by atoms with van der Waals surface area (Å²) in [5.74, 6) is -1.87. The molecule has 1 aliphatic rings. The molecule has 1 N–H and O–H groups in total. The van der Waals surface area contributed by atoms with Crippen molar-refractivity contribution >= 4 is 15.7 Å². The molecule has 1 atom stereocenters. The second kappa shape index (κ2) is 9.56. The van der Waals surface area contributed by atoms with Gasteiger partial charge in [0.1, 0.15) is 0 Å². The second-order valence-corrected chi connectivity index (χ2v) is 10.1. The van der Waals surface area contributed by atoms with E-state index in [1.54, 1.807) is 24.7 Å². The van der Waals surface area contributed by atoms with Crippen LogP contribution in [0.2, 0.25) is 0 Å². The summed E-state index contributed by atoms with van der Waals surface area (Å²) in [5, 5.41) is 0. The second-order valence-electron chi connectivity index (χ2n) is 8.18. The first-order valence-electron chi connectivity index (χ1n) is 10.6. The number of nitrogens with one attached hydrogen (secondary N) is 1. The highest BCUT2D eigenvalue weighted by molar-refractivity contribution is 7.89. The van der Waals surface area contributed by atoms with Crippen LogP contribution in [-0.4, -0.2) is 47.2 Å². The van der Waals surface area contributed by atoms with Crippen molar-refractivity contribution in [2.45, 2.75) is 38.1 Å². The molecule has 6 nitrogen and oxygen atoms in total. The standard InChI is InChI=1S/C23H25F3N4O2S/c24-23(25,26)16-33(31,32)29-13-19-8-4-5-9-22(19)30(14-20-12-27-17-28-20)21(15-29)11-10-18-6-2-1-3-7-18/h1-9,12,17,21H,10-11,13-16H2,(H,27,28)/t21-/m0/s1. The molecule has 0 unspecified atom stereocenters. The van der Waals surface area contributed by atoms with Crippen molar-refractivity contribution in [3.8, 4) is 0 Å². The number of fused-ring (bicyclic) bond motifs is 1. The van der Waals surface area contributed by atoms with Crippen molar-refractivity contribution in [1.29, 1.82) is 0 Å². The van der Waals surface area contributed by atoms with E-state index >= 15 is 0 Å². The molecule has 0 saturated heterocycles. The lowest BCUT2D eigenvalue weighted by molar-refractivity contribution is -0.107. The van der Waals surface area contributed by atoms with Crippen molar-refractivity contribution in [1.82, 2.24) is 14.3 Å². The number of alkyl halides is 3. The van der Waals surface area contributed by atoms with Crippen molar-refractivity contribution in [2.75, 3.05) is 17.2 Å². The molecule has 1 aliphatic heterocycles. The summed E-state index contributed by atoms with van der Waals surface area (Å²) < 4.78 is 65.8. The number of aromatic amines is 1. The number of aryl methyl sites for hydroxylation is 1. The molecule has 0 aliphatic carbocycles. The normalized spacial score (nSPS) is 17.5. The Morgan fingerprint density at radius 3 is 2.48 bits per heavy atom. The van der Waals surface area contributed by atoms with Crippen molar-refractivity contribution in [3.63, 3.8) is 0 Å². The quantitative estimate of drug-likeness (QED) is 0.555. The van der Waals surface area contributed by atoms with Gasteiger partial charge in [0, 0.05) is 31.0 Å². The number of para-hydroxylation sites is 1. The molecule has 0 bridgehead atoms. The van der Waals surface area contributed by atoms with Gasteiger partial charge in [0.05, 0.1) is 18.6 Å². The van der Waals surface area contributed by atoms with Gasteiger partial charge < -0.3 is 9.88 Å². The molecular weight excluding hydrogens is 453 g/mol. The van der Waals surface area contributed by atoms with E-state index in [4.69, 9.17) is 0 Å². The monoisotopic (exact) mass is 478 g/mol. The number of benzene rings is 2. The maximum atomic E-state index is 13.1. The van der Waals surface area contributed by atoms with Crippen LogP contribution in [0, 0.1) is 0 Å². The number of anilines is 1. The van der Waals surface area contributed by atoms with Gasteiger partial charge in [0.2, 0.25) is 10.0 Å². The van der Waals surface area contributed by atoms with Gasteiger partial charge in [-0.1, -0.05) is 48.5 Å². The number of halogens is 3. The first-order valence-corrected chi connectivity index (χ1v) is 12.2. The Labute approximate surface area is 191 Å². The van der Waals surface area contributed by atoms with Gasteiger partial charge in [-0.25, -0.2) is 13.4 Å². The van der Waals surface area contributed by atoms with Crippen LogP contribution < -0.4 is 4.90 Å². The van der Waals surface area contributed by atoms with E-state index in [0.717, 1.165) is 21.2 Å². The first-order chi connectivity index (χ1) is 15.7. The molecule has 1 aromatic heterocycles. The molecule has 3 aromatic rings. The zero-order chi connectivity index (χ0) is 23.5. The number of imidazole rings is 1. The third-order valence-electron chi connectivity index (χ3n) is 5.75. The lowest BCUT2D eigenvalue weighted by Gasteiger charge is -2.34. The minimum atomic E-state index is -4.81. The number of hydrogen-bond donors (Lipinski definition) is 1. The van der Waals surface area contributed by atoms with Gasteiger partial charge in [-0.15, -0.1) is 0 Å². The highest BCUT2D eigenvalue weighted by Gasteiger charge is 2.41. The summed E-state index contributed by atoms with van der Waals surface area (Å²) in [6.45, 7) is 0.299. The van der Waals surface area contributed by atoms with Gasteiger partial charge in [0.15, 0.2) is 5.75 Å². The Morgan fingerprint density at radius 1 is 1.06 bits per heavy atom. The third-order valence-corrected chi connectivity index (χ3v) is 7.50. The van der Waals surface area contributed by atoms with Crippen molar-refractivity contribution in [3.05, 3.63) is 83.9 Å². The molecule has 176 valence electrons. The van der Waals surface area contributed by atoms with Crippen LogP contribution in [0.15, 0.2) is 67.1 Å². The van der Waals surface area contributed by atoms with Gasteiger partial charge >= 0.3 is 6.18 Å². The predicted molar refractivity (Wildman–Crippen MR) is 120 cm³/mol.